The molecule has 0 aliphatic carbocycles. The lowest BCUT2D eigenvalue weighted by atomic mass is 9.93. The Balaban J connectivity index is 1.91. The number of carbonyl (C=O) groups is 1. The number of rotatable bonds is 9. The monoisotopic (exact) mass is 446 g/mol. The zero-order valence-electron chi connectivity index (χ0n) is 18.0. The van der Waals surface area contributed by atoms with Crippen LogP contribution in [0.2, 0.25) is 0 Å². The molecule has 1 unspecified atom stereocenters. The molecule has 1 saturated heterocycles. The van der Waals surface area contributed by atoms with Crippen molar-refractivity contribution < 1.29 is 22.7 Å². The number of benzene rings is 2. The molecule has 0 spiro atoms. The number of morpholine rings is 1. The van der Waals surface area contributed by atoms with Crippen LogP contribution in [0.4, 0.5) is 5.69 Å². The van der Waals surface area contributed by atoms with Gasteiger partial charge < -0.3 is 14.8 Å². The number of carbonyl (C=O) groups excluding carboxylic acids is 1. The average molecular weight is 447 g/mol. The van der Waals surface area contributed by atoms with Gasteiger partial charge >= 0.3 is 0 Å². The molecule has 0 bridgehead atoms. The molecule has 0 saturated carbocycles. The van der Waals surface area contributed by atoms with Crippen molar-refractivity contribution >= 4 is 21.6 Å². The quantitative estimate of drug-likeness (QED) is 0.636. The molecule has 1 amide bonds. The highest BCUT2D eigenvalue weighted by Gasteiger charge is 2.28. The predicted octanol–water partition coefficient (Wildman–Crippen LogP) is 3.63. The van der Waals surface area contributed by atoms with E-state index in [4.69, 9.17) is 9.47 Å². The van der Waals surface area contributed by atoms with Crippen molar-refractivity contribution in [1.29, 1.82) is 0 Å². The first-order chi connectivity index (χ1) is 15.0. The summed E-state index contributed by atoms with van der Waals surface area (Å²) in [5.74, 6) is -0.0739. The van der Waals surface area contributed by atoms with Crippen LogP contribution in [0.5, 0.6) is 5.75 Å². The van der Waals surface area contributed by atoms with Gasteiger partial charge in [-0.05, 0) is 37.1 Å². The third-order valence-corrected chi connectivity index (χ3v) is 7.11. The van der Waals surface area contributed by atoms with E-state index in [0.717, 1.165) is 12.0 Å². The van der Waals surface area contributed by atoms with E-state index in [0.29, 0.717) is 50.8 Å². The van der Waals surface area contributed by atoms with Crippen molar-refractivity contribution in [3.8, 4) is 5.75 Å². The van der Waals surface area contributed by atoms with Crippen LogP contribution in [0.25, 0.3) is 0 Å². The number of amides is 1. The number of nitrogens with one attached hydrogen (secondary N) is 1. The third-order valence-electron chi connectivity index (χ3n) is 5.21. The largest absolute Gasteiger partial charge is 0.492 e. The number of sulfonamides is 1. The van der Waals surface area contributed by atoms with Gasteiger partial charge in [-0.2, -0.15) is 4.31 Å². The molecule has 168 valence electrons. The average Bonchev–Trinajstić information content (AvgIpc) is 2.79. The topological polar surface area (TPSA) is 84.9 Å². The molecule has 1 N–H and O–H groups in total. The van der Waals surface area contributed by atoms with Gasteiger partial charge in [0, 0.05) is 13.1 Å². The molecule has 1 aliphatic rings. The summed E-state index contributed by atoms with van der Waals surface area (Å²) in [5.41, 5.74) is 1.29. The molecular formula is C23H30N2O5S. The van der Waals surface area contributed by atoms with Crippen molar-refractivity contribution in [3.05, 3.63) is 54.1 Å². The van der Waals surface area contributed by atoms with Crippen LogP contribution in [0.15, 0.2) is 53.4 Å². The molecule has 31 heavy (non-hydrogen) atoms. The maximum absolute atomic E-state index is 13.2. The van der Waals surface area contributed by atoms with Gasteiger partial charge in [-0.25, -0.2) is 8.42 Å². The molecular weight excluding hydrogens is 416 g/mol. The summed E-state index contributed by atoms with van der Waals surface area (Å²) in [4.78, 5) is 13.3. The Hall–Kier alpha value is -2.42. The summed E-state index contributed by atoms with van der Waals surface area (Å²) < 4.78 is 38.5. The van der Waals surface area contributed by atoms with Crippen LogP contribution >= 0.6 is 0 Å². The Morgan fingerprint density at radius 1 is 1.13 bits per heavy atom. The van der Waals surface area contributed by atoms with Crippen LogP contribution in [-0.4, -0.2) is 51.5 Å². The first-order valence-electron chi connectivity index (χ1n) is 10.7. The summed E-state index contributed by atoms with van der Waals surface area (Å²) in [6, 6.07) is 14.2. The number of anilines is 1. The second-order valence-corrected chi connectivity index (χ2v) is 9.29. The Morgan fingerprint density at radius 3 is 2.48 bits per heavy atom. The zero-order valence-corrected chi connectivity index (χ0v) is 18.9. The smallest absolute Gasteiger partial charge is 0.243 e. The summed E-state index contributed by atoms with van der Waals surface area (Å²) in [5, 5.41) is 2.92. The fourth-order valence-corrected chi connectivity index (χ4v) is 5.06. The lowest BCUT2D eigenvalue weighted by Crippen LogP contribution is -2.40. The van der Waals surface area contributed by atoms with E-state index in [9.17, 15) is 13.2 Å². The van der Waals surface area contributed by atoms with E-state index < -0.39 is 10.0 Å². The fraction of sp³-hybridized carbons (Fsp3) is 0.435. The number of hydrogen-bond acceptors (Lipinski definition) is 5. The highest BCUT2D eigenvalue weighted by atomic mass is 32.2. The molecule has 1 fully saturated rings. The Morgan fingerprint density at radius 2 is 1.84 bits per heavy atom. The van der Waals surface area contributed by atoms with E-state index in [1.165, 1.54) is 16.4 Å². The van der Waals surface area contributed by atoms with Crippen molar-refractivity contribution in [2.75, 3.05) is 38.2 Å². The van der Waals surface area contributed by atoms with Crippen LogP contribution < -0.4 is 10.1 Å². The van der Waals surface area contributed by atoms with Crippen molar-refractivity contribution in [2.45, 2.75) is 37.5 Å². The van der Waals surface area contributed by atoms with Gasteiger partial charge in [-0.15, -0.1) is 0 Å². The van der Waals surface area contributed by atoms with Crippen LogP contribution in [0, 0.1) is 0 Å². The minimum atomic E-state index is -3.69. The number of ether oxygens (including phenoxy) is 2. The van der Waals surface area contributed by atoms with Gasteiger partial charge in [-0.1, -0.05) is 43.7 Å². The Kier molecular flexibility index (Phi) is 8.06. The lowest BCUT2D eigenvalue weighted by molar-refractivity contribution is -0.117. The molecule has 0 aromatic heterocycles. The Bertz CT molecular complexity index is 973. The van der Waals surface area contributed by atoms with E-state index in [-0.39, 0.29) is 16.7 Å². The summed E-state index contributed by atoms with van der Waals surface area (Å²) in [6.07, 6.45) is 1.53. The Labute approximate surface area is 184 Å². The molecule has 7 nitrogen and oxygen atoms in total. The standard InChI is InChI=1S/C23H30N2O5S/c1-3-8-20(18-9-6-5-7-10-18)23(26)24-21-17-19(11-12-22(21)30-4-2)31(27,28)25-13-15-29-16-14-25/h5-7,9-12,17,20H,3-4,8,13-16H2,1-2H3,(H,24,26). The maximum Gasteiger partial charge on any atom is 0.243 e. The summed E-state index contributed by atoms with van der Waals surface area (Å²) in [6.45, 7) is 5.63. The third kappa shape index (κ3) is 5.64. The minimum absolute atomic E-state index is 0.125. The fourth-order valence-electron chi connectivity index (χ4n) is 3.63. The second kappa shape index (κ2) is 10.7. The molecule has 3 rings (SSSR count). The lowest BCUT2D eigenvalue weighted by Gasteiger charge is -2.26. The van der Waals surface area contributed by atoms with Gasteiger partial charge in [0.1, 0.15) is 5.75 Å². The van der Waals surface area contributed by atoms with Crippen LogP contribution in [-0.2, 0) is 19.6 Å². The highest BCUT2D eigenvalue weighted by molar-refractivity contribution is 7.89. The minimum Gasteiger partial charge on any atom is -0.492 e. The first-order valence-corrected chi connectivity index (χ1v) is 12.1. The first kappa shape index (κ1) is 23.2. The maximum atomic E-state index is 13.2. The van der Waals surface area contributed by atoms with E-state index in [2.05, 4.69) is 5.32 Å². The summed E-state index contributed by atoms with van der Waals surface area (Å²) in [7, 11) is -3.69. The van der Waals surface area contributed by atoms with Crippen molar-refractivity contribution in [2.24, 2.45) is 0 Å². The van der Waals surface area contributed by atoms with Gasteiger partial charge in [0.25, 0.3) is 0 Å². The zero-order chi connectivity index (χ0) is 22.3. The van der Waals surface area contributed by atoms with Gasteiger partial charge in [-0.3, -0.25) is 4.79 Å². The van der Waals surface area contributed by atoms with Crippen molar-refractivity contribution in [1.82, 2.24) is 4.31 Å². The molecule has 2 aromatic rings. The van der Waals surface area contributed by atoms with Gasteiger partial charge in [0.15, 0.2) is 0 Å². The highest BCUT2D eigenvalue weighted by Crippen LogP contribution is 2.31. The van der Waals surface area contributed by atoms with E-state index in [1.807, 2.05) is 44.2 Å². The van der Waals surface area contributed by atoms with E-state index in [1.54, 1.807) is 6.07 Å². The van der Waals surface area contributed by atoms with Gasteiger partial charge in [0.05, 0.1) is 36.3 Å². The molecule has 8 heteroatoms. The molecule has 1 atom stereocenters. The summed E-state index contributed by atoms with van der Waals surface area (Å²) >= 11 is 0. The molecule has 2 aromatic carbocycles. The van der Waals surface area contributed by atoms with Crippen LogP contribution in [0.3, 0.4) is 0 Å². The molecule has 1 aliphatic heterocycles. The van der Waals surface area contributed by atoms with E-state index >= 15 is 0 Å². The SMILES string of the molecule is CCCC(C(=O)Nc1cc(S(=O)(=O)N2CCOCC2)ccc1OCC)c1ccccc1. The van der Waals surface area contributed by atoms with Crippen LogP contribution in [0.1, 0.15) is 38.2 Å². The predicted molar refractivity (Wildman–Crippen MR) is 120 cm³/mol. The number of nitrogens with zero attached hydrogens (tertiary/aromatic N) is 1. The normalized spacial score (nSPS) is 15.9. The molecule has 1 heterocycles. The second-order valence-electron chi connectivity index (χ2n) is 7.35. The van der Waals surface area contributed by atoms with Crippen molar-refractivity contribution in [3.63, 3.8) is 0 Å². The molecule has 0 radical (unpaired) electrons. The number of hydrogen-bond donors (Lipinski definition) is 1. The van der Waals surface area contributed by atoms with Gasteiger partial charge in [0.2, 0.25) is 15.9 Å².